The number of nitrogens with two attached hydrogens (primary N) is 1. The number of azo groups is 1. The number of hydrogen-bond donors (Lipinski definition) is 3. The highest BCUT2D eigenvalue weighted by Crippen LogP contribution is 2.22. The Morgan fingerprint density at radius 2 is 2.32 bits per heavy atom. The van der Waals surface area contributed by atoms with Gasteiger partial charge in [0.05, 0.1) is 12.2 Å². The summed E-state index contributed by atoms with van der Waals surface area (Å²) in [6, 6.07) is 7.12. The van der Waals surface area contributed by atoms with Gasteiger partial charge >= 0.3 is 0 Å². The minimum Gasteiger partial charge on any atom is -0.365 e. The molecule has 112 valence electrons. The fraction of sp³-hybridized carbons (Fsp3) is 0.143. The van der Waals surface area contributed by atoms with Crippen molar-refractivity contribution < 1.29 is 4.79 Å². The van der Waals surface area contributed by atoms with Crippen LogP contribution in [0.5, 0.6) is 0 Å². The normalized spacial score (nSPS) is 10.6. The predicted molar refractivity (Wildman–Crippen MR) is 83.2 cm³/mol. The molecule has 1 heterocycles. The van der Waals surface area contributed by atoms with E-state index in [1.54, 1.807) is 31.2 Å². The van der Waals surface area contributed by atoms with Crippen LogP contribution in [0.15, 0.2) is 40.7 Å². The van der Waals surface area contributed by atoms with Crippen LogP contribution in [0, 0.1) is 12.3 Å². The molecule has 2 aromatic rings. The number of primary amides is 1. The Balaban J connectivity index is 2.27. The smallest absolute Gasteiger partial charge is 0.254 e. The van der Waals surface area contributed by atoms with Crippen LogP contribution in [-0.2, 0) is 0 Å². The van der Waals surface area contributed by atoms with Crippen LogP contribution in [-0.4, -0.2) is 28.6 Å². The number of benzene rings is 1. The number of carbonyl (C=O) groups excluding carboxylic acids is 1. The van der Waals surface area contributed by atoms with Crippen molar-refractivity contribution in [3.05, 3.63) is 41.9 Å². The van der Waals surface area contributed by atoms with E-state index >= 15 is 0 Å². The Bertz CT molecular complexity index is 727. The van der Waals surface area contributed by atoms with Crippen LogP contribution in [0.25, 0.3) is 0 Å². The highest BCUT2D eigenvalue weighted by molar-refractivity contribution is 5.97. The van der Waals surface area contributed by atoms with Crippen molar-refractivity contribution in [3.63, 3.8) is 0 Å². The zero-order chi connectivity index (χ0) is 15.9. The van der Waals surface area contributed by atoms with Crippen LogP contribution < -0.4 is 11.1 Å². The van der Waals surface area contributed by atoms with Gasteiger partial charge in [-0.2, -0.15) is 10.2 Å². The number of rotatable bonds is 6. The second-order valence-corrected chi connectivity index (χ2v) is 4.35. The summed E-state index contributed by atoms with van der Waals surface area (Å²) in [5, 5.41) is 17.7. The molecule has 0 spiro atoms. The van der Waals surface area contributed by atoms with E-state index in [0.717, 1.165) is 6.21 Å². The number of nitrogens with zero attached hydrogens (tertiary/aromatic N) is 4. The van der Waals surface area contributed by atoms with Gasteiger partial charge in [-0.1, -0.05) is 6.07 Å². The van der Waals surface area contributed by atoms with E-state index in [1.165, 1.54) is 6.20 Å². The average molecular weight is 297 g/mol. The molecule has 1 amide bonds. The molecular weight excluding hydrogens is 282 g/mol. The summed E-state index contributed by atoms with van der Waals surface area (Å²) in [4.78, 5) is 19.6. The molecule has 8 nitrogen and oxygen atoms in total. The maximum atomic E-state index is 11.4. The lowest BCUT2D eigenvalue weighted by Gasteiger charge is -2.09. The Morgan fingerprint density at radius 3 is 3.05 bits per heavy atom. The maximum Gasteiger partial charge on any atom is 0.254 e. The van der Waals surface area contributed by atoms with Crippen molar-refractivity contribution in [3.8, 4) is 0 Å². The van der Waals surface area contributed by atoms with E-state index in [-0.39, 0.29) is 12.1 Å². The highest BCUT2D eigenvalue weighted by Gasteiger charge is 2.11. The number of anilines is 2. The Kier molecular flexibility index (Phi) is 4.86. The predicted octanol–water partition coefficient (Wildman–Crippen LogP) is 2.36. The number of aromatic nitrogens is 2. The summed E-state index contributed by atoms with van der Waals surface area (Å²) in [6.07, 6.45) is 2.55. The van der Waals surface area contributed by atoms with Crippen LogP contribution in [0.2, 0.25) is 0 Å². The standard InChI is InChI=1S/C14H15N7O/c1-9-17-8-12(13(16)22)14(19-9)20-10-3-2-4-11(7-10)21-18-6-5-15/h2-5,7-8,15H,6H2,1H3,(H2,16,22)(H,17,19,20). The Labute approximate surface area is 127 Å². The highest BCUT2D eigenvalue weighted by atomic mass is 16.1. The molecule has 0 bridgehead atoms. The molecule has 0 saturated heterocycles. The number of amides is 1. The van der Waals surface area contributed by atoms with Crippen LogP contribution in [0.1, 0.15) is 16.2 Å². The molecule has 4 N–H and O–H groups in total. The summed E-state index contributed by atoms with van der Waals surface area (Å²) in [5.41, 5.74) is 6.84. The fourth-order valence-electron chi connectivity index (χ4n) is 1.69. The molecule has 22 heavy (non-hydrogen) atoms. The number of aryl methyl sites for hydroxylation is 1. The molecule has 0 aliphatic rings. The van der Waals surface area contributed by atoms with Gasteiger partial charge in [0.15, 0.2) is 0 Å². The summed E-state index contributed by atoms with van der Waals surface area (Å²) in [5.74, 6) is 0.257. The van der Waals surface area contributed by atoms with Crippen LogP contribution in [0.4, 0.5) is 17.2 Å². The molecule has 1 aromatic heterocycles. The van der Waals surface area contributed by atoms with Crippen LogP contribution >= 0.6 is 0 Å². The maximum absolute atomic E-state index is 11.4. The molecule has 0 unspecified atom stereocenters. The molecule has 2 rings (SSSR count). The van der Waals surface area contributed by atoms with E-state index in [0.29, 0.717) is 23.0 Å². The molecule has 1 aromatic carbocycles. The van der Waals surface area contributed by atoms with E-state index in [9.17, 15) is 4.79 Å². The first kappa shape index (κ1) is 15.2. The topological polar surface area (TPSA) is 129 Å². The number of hydrogen-bond acceptors (Lipinski definition) is 7. The molecule has 0 fully saturated rings. The second kappa shape index (κ2) is 7.02. The van der Waals surface area contributed by atoms with E-state index in [1.807, 2.05) is 0 Å². The lowest BCUT2D eigenvalue weighted by atomic mass is 10.2. The molecule has 0 atom stereocenters. The number of carbonyl (C=O) groups is 1. The fourth-order valence-corrected chi connectivity index (χ4v) is 1.69. The Morgan fingerprint density at radius 1 is 1.50 bits per heavy atom. The zero-order valence-electron chi connectivity index (χ0n) is 11.9. The van der Waals surface area contributed by atoms with Crippen molar-refractivity contribution >= 4 is 29.3 Å². The van der Waals surface area contributed by atoms with Crippen molar-refractivity contribution in [2.45, 2.75) is 6.92 Å². The van der Waals surface area contributed by atoms with Gasteiger partial charge in [0.2, 0.25) is 0 Å². The van der Waals surface area contributed by atoms with E-state index in [2.05, 4.69) is 25.5 Å². The molecule has 0 radical (unpaired) electrons. The van der Waals surface area contributed by atoms with Gasteiger partial charge in [0.25, 0.3) is 5.91 Å². The third kappa shape index (κ3) is 3.92. The van der Waals surface area contributed by atoms with Crippen LogP contribution in [0.3, 0.4) is 0 Å². The largest absolute Gasteiger partial charge is 0.365 e. The monoisotopic (exact) mass is 297 g/mol. The molecule has 8 heteroatoms. The van der Waals surface area contributed by atoms with Gasteiger partial charge in [0, 0.05) is 18.1 Å². The molecule has 0 saturated carbocycles. The van der Waals surface area contributed by atoms with Gasteiger partial charge in [-0.3, -0.25) is 4.79 Å². The molecular formula is C14H15N7O. The van der Waals surface area contributed by atoms with Gasteiger partial charge in [-0.25, -0.2) is 9.97 Å². The minimum absolute atomic E-state index is 0.210. The average Bonchev–Trinajstić information content (AvgIpc) is 2.48. The summed E-state index contributed by atoms with van der Waals surface area (Å²) in [7, 11) is 0. The van der Waals surface area contributed by atoms with Gasteiger partial charge in [0.1, 0.15) is 17.2 Å². The van der Waals surface area contributed by atoms with Gasteiger partial charge < -0.3 is 16.5 Å². The van der Waals surface area contributed by atoms with Crippen molar-refractivity contribution in [1.29, 1.82) is 5.41 Å². The summed E-state index contributed by atoms with van der Waals surface area (Å²) >= 11 is 0. The first-order chi connectivity index (χ1) is 10.6. The number of nitrogens with one attached hydrogen (secondary N) is 2. The SMILES string of the molecule is Cc1ncc(C(N)=O)c(Nc2cccc(N=NCC=N)c2)n1. The van der Waals surface area contributed by atoms with Gasteiger partial charge in [-0.15, -0.1) is 0 Å². The lowest BCUT2D eigenvalue weighted by Crippen LogP contribution is -2.15. The van der Waals surface area contributed by atoms with Crippen molar-refractivity contribution in [2.24, 2.45) is 16.0 Å². The quantitative estimate of drug-likeness (QED) is 0.558. The third-order valence-corrected chi connectivity index (χ3v) is 2.64. The zero-order valence-corrected chi connectivity index (χ0v) is 11.9. The third-order valence-electron chi connectivity index (χ3n) is 2.64. The van der Waals surface area contributed by atoms with Gasteiger partial charge in [-0.05, 0) is 25.1 Å². The molecule has 0 aliphatic carbocycles. The molecule has 0 aliphatic heterocycles. The second-order valence-electron chi connectivity index (χ2n) is 4.35. The van der Waals surface area contributed by atoms with Crippen molar-refractivity contribution in [2.75, 3.05) is 11.9 Å². The first-order valence-electron chi connectivity index (χ1n) is 6.47. The summed E-state index contributed by atoms with van der Waals surface area (Å²) < 4.78 is 0. The minimum atomic E-state index is -0.607. The first-order valence-corrected chi connectivity index (χ1v) is 6.47. The van der Waals surface area contributed by atoms with E-state index < -0.39 is 5.91 Å². The van der Waals surface area contributed by atoms with E-state index in [4.69, 9.17) is 11.1 Å². The lowest BCUT2D eigenvalue weighted by molar-refractivity contribution is 0.100. The summed E-state index contributed by atoms with van der Waals surface area (Å²) in [6.45, 7) is 1.95. The van der Waals surface area contributed by atoms with Crippen molar-refractivity contribution in [1.82, 2.24) is 9.97 Å². The Hall–Kier alpha value is -3.16.